The van der Waals surface area contributed by atoms with Crippen molar-refractivity contribution < 1.29 is 9.53 Å². The quantitative estimate of drug-likeness (QED) is 0.433. The third-order valence-corrected chi connectivity index (χ3v) is 5.91. The van der Waals surface area contributed by atoms with E-state index in [9.17, 15) is 4.79 Å². The minimum Gasteiger partial charge on any atom is -0.495 e. The molecule has 0 aliphatic heterocycles. The second-order valence-corrected chi connectivity index (χ2v) is 7.98. The van der Waals surface area contributed by atoms with Crippen LogP contribution >= 0.6 is 34.5 Å². The molecule has 0 saturated carbocycles. The molecular formula is C20H15Cl2N3O2S. The summed E-state index contributed by atoms with van der Waals surface area (Å²) < 4.78 is 6.96. The van der Waals surface area contributed by atoms with Gasteiger partial charge in [-0.3, -0.25) is 4.79 Å². The number of hydrogen-bond acceptors (Lipinski definition) is 4. The first-order valence-corrected chi connectivity index (χ1v) is 9.93. The van der Waals surface area contributed by atoms with Crippen LogP contribution in [0.2, 0.25) is 10.0 Å². The van der Waals surface area contributed by atoms with Crippen LogP contribution in [0.4, 0.5) is 5.69 Å². The van der Waals surface area contributed by atoms with E-state index < -0.39 is 0 Å². The number of benzene rings is 2. The van der Waals surface area contributed by atoms with Crippen LogP contribution in [0.25, 0.3) is 15.9 Å². The number of rotatable bonds is 4. The van der Waals surface area contributed by atoms with Crippen LogP contribution in [-0.2, 0) is 0 Å². The number of nitrogens with zero attached hydrogens (tertiary/aromatic N) is 2. The molecule has 8 heteroatoms. The molecule has 1 amide bonds. The topological polar surface area (TPSA) is 56.1 Å². The molecule has 0 aliphatic rings. The van der Waals surface area contributed by atoms with E-state index in [1.807, 2.05) is 41.9 Å². The Balaban J connectivity index is 1.66. The first-order valence-electron chi connectivity index (χ1n) is 8.36. The number of ether oxygens (including phenoxy) is 1. The Morgan fingerprint density at radius 2 is 1.89 bits per heavy atom. The second kappa shape index (κ2) is 7.47. The van der Waals surface area contributed by atoms with Crippen LogP contribution in [0.5, 0.6) is 5.75 Å². The summed E-state index contributed by atoms with van der Waals surface area (Å²) in [5.74, 6) is 0.352. The fraction of sp³-hybridized carbons (Fsp3) is 0.100. The smallest absolute Gasteiger partial charge is 0.265 e. The Morgan fingerprint density at radius 3 is 2.57 bits per heavy atom. The predicted molar refractivity (Wildman–Crippen MR) is 115 cm³/mol. The van der Waals surface area contributed by atoms with Crippen LogP contribution < -0.4 is 10.1 Å². The lowest BCUT2D eigenvalue weighted by Gasteiger charge is -2.07. The molecule has 0 spiro atoms. The van der Waals surface area contributed by atoms with Gasteiger partial charge in [-0.25, -0.2) is 4.68 Å². The van der Waals surface area contributed by atoms with Crippen LogP contribution in [-0.4, -0.2) is 22.8 Å². The summed E-state index contributed by atoms with van der Waals surface area (Å²) in [5, 5.41) is 9.50. The SMILES string of the molecule is COc1ccc(NC(=O)c2cc3c(C)nn(-c4ccc(Cl)cc4)c3s2)cc1Cl. The predicted octanol–water partition coefficient (Wildman–Crippen LogP) is 5.96. The molecular weight excluding hydrogens is 417 g/mol. The maximum Gasteiger partial charge on any atom is 0.265 e. The number of carbonyl (C=O) groups is 1. The monoisotopic (exact) mass is 431 g/mol. The first-order chi connectivity index (χ1) is 13.5. The van der Waals surface area contributed by atoms with Gasteiger partial charge in [0.15, 0.2) is 0 Å². The molecule has 0 atom stereocenters. The van der Waals surface area contributed by atoms with Gasteiger partial charge in [0.1, 0.15) is 10.6 Å². The van der Waals surface area contributed by atoms with Gasteiger partial charge in [0.2, 0.25) is 0 Å². The van der Waals surface area contributed by atoms with Gasteiger partial charge in [0.25, 0.3) is 5.91 Å². The van der Waals surface area contributed by atoms with Crippen LogP contribution in [0.1, 0.15) is 15.4 Å². The van der Waals surface area contributed by atoms with Gasteiger partial charge >= 0.3 is 0 Å². The molecule has 5 nitrogen and oxygen atoms in total. The molecule has 0 aliphatic carbocycles. The highest BCUT2D eigenvalue weighted by molar-refractivity contribution is 7.20. The number of aromatic nitrogens is 2. The first kappa shape index (κ1) is 18.8. The number of halogens is 2. The normalized spacial score (nSPS) is 11.0. The maximum atomic E-state index is 12.7. The molecule has 2 aromatic carbocycles. The van der Waals surface area contributed by atoms with Gasteiger partial charge in [-0.2, -0.15) is 5.10 Å². The van der Waals surface area contributed by atoms with Crippen molar-refractivity contribution in [1.82, 2.24) is 9.78 Å². The van der Waals surface area contributed by atoms with Gasteiger partial charge in [-0.05, 0) is 55.5 Å². The minimum absolute atomic E-state index is 0.204. The number of thiophene rings is 1. The molecule has 142 valence electrons. The van der Waals surface area contributed by atoms with E-state index >= 15 is 0 Å². The van der Waals surface area contributed by atoms with Crippen molar-refractivity contribution in [2.75, 3.05) is 12.4 Å². The van der Waals surface area contributed by atoms with E-state index in [2.05, 4.69) is 10.4 Å². The van der Waals surface area contributed by atoms with Crippen molar-refractivity contribution in [3.8, 4) is 11.4 Å². The molecule has 0 saturated heterocycles. The third-order valence-electron chi connectivity index (χ3n) is 4.25. The highest BCUT2D eigenvalue weighted by Crippen LogP contribution is 2.32. The van der Waals surface area contributed by atoms with E-state index in [0.717, 1.165) is 21.6 Å². The van der Waals surface area contributed by atoms with Gasteiger partial charge in [0.05, 0.1) is 28.4 Å². The van der Waals surface area contributed by atoms with Gasteiger partial charge in [-0.15, -0.1) is 11.3 Å². The van der Waals surface area contributed by atoms with Crippen molar-refractivity contribution in [2.24, 2.45) is 0 Å². The molecule has 0 bridgehead atoms. The van der Waals surface area contributed by atoms with E-state index in [4.69, 9.17) is 27.9 Å². The Hall–Kier alpha value is -2.54. The van der Waals surface area contributed by atoms with Gasteiger partial charge in [-0.1, -0.05) is 23.2 Å². The number of fused-ring (bicyclic) bond motifs is 1. The molecule has 2 aromatic heterocycles. The zero-order valence-corrected chi connectivity index (χ0v) is 17.3. The number of carbonyl (C=O) groups excluding carboxylic acids is 1. The number of anilines is 1. The number of aryl methyl sites for hydroxylation is 1. The largest absolute Gasteiger partial charge is 0.495 e. The molecule has 0 fully saturated rings. The van der Waals surface area contributed by atoms with E-state index in [1.54, 1.807) is 25.3 Å². The second-order valence-electron chi connectivity index (χ2n) is 6.11. The third kappa shape index (κ3) is 3.46. The number of nitrogens with one attached hydrogen (secondary N) is 1. The fourth-order valence-electron chi connectivity index (χ4n) is 2.85. The number of methoxy groups -OCH3 is 1. The fourth-order valence-corrected chi connectivity index (χ4v) is 4.32. The molecule has 2 heterocycles. The van der Waals surface area contributed by atoms with Gasteiger partial charge < -0.3 is 10.1 Å². The van der Waals surface area contributed by atoms with E-state index in [0.29, 0.717) is 26.4 Å². The summed E-state index contributed by atoms with van der Waals surface area (Å²) in [7, 11) is 1.54. The summed E-state index contributed by atoms with van der Waals surface area (Å²) in [5.41, 5.74) is 2.34. The molecule has 4 rings (SSSR count). The molecule has 1 N–H and O–H groups in total. The molecule has 28 heavy (non-hydrogen) atoms. The van der Waals surface area contributed by atoms with E-state index in [-0.39, 0.29) is 5.91 Å². The lowest BCUT2D eigenvalue weighted by molar-refractivity contribution is 0.103. The Bertz CT molecular complexity index is 1180. The highest BCUT2D eigenvalue weighted by atomic mass is 35.5. The Morgan fingerprint density at radius 1 is 1.14 bits per heavy atom. The molecule has 4 aromatic rings. The summed E-state index contributed by atoms with van der Waals surface area (Å²) in [6.07, 6.45) is 0. The molecule has 0 radical (unpaired) electrons. The average molecular weight is 432 g/mol. The molecule has 0 unspecified atom stereocenters. The average Bonchev–Trinajstić information content (AvgIpc) is 3.24. The van der Waals surface area contributed by atoms with Crippen LogP contribution in [0.15, 0.2) is 48.5 Å². The Labute approximate surface area is 175 Å². The number of amides is 1. The lowest BCUT2D eigenvalue weighted by Crippen LogP contribution is -2.10. The van der Waals surface area contributed by atoms with Gasteiger partial charge in [0, 0.05) is 16.1 Å². The van der Waals surface area contributed by atoms with Crippen molar-refractivity contribution in [3.63, 3.8) is 0 Å². The highest BCUT2D eigenvalue weighted by Gasteiger charge is 2.17. The standard InChI is InChI=1S/C20H15Cl2N3O2S/c1-11-15-10-18(19(26)23-13-5-8-17(27-2)16(22)9-13)28-20(15)25(24-11)14-6-3-12(21)4-7-14/h3-10H,1-2H3,(H,23,26). The zero-order valence-electron chi connectivity index (χ0n) is 15.0. The Kier molecular flexibility index (Phi) is 5.02. The van der Waals surface area contributed by atoms with Crippen molar-refractivity contribution >= 4 is 56.3 Å². The summed E-state index contributed by atoms with van der Waals surface area (Å²) >= 11 is 13.5. The van der Waals surface area contributed by atoms with E-state index in [1.165, 1.54) is 11.3 Å². The summed E-state index contributed by atoms with van der Waals surface area (Å²) in [6.45, 7) is 1.92. The lowest BCUT2D eigenvalue weighted by atomic mass is 10.2. The summed E-state index contributed by atoms with van der Waals surface area (Å²) in [6, 6.07) is 14.4. The van der Waals surface area contributed by atoms with Crippen molar-refractivity contribution in [3.05, 3.63) is 69.1 Å². The van der Waals surface area contributed by atoms with Crippen LogP contribution in [0.3, 0.4) is 0 Å². The minimum atomic E-state index is -0.204. The van der Waals surface area contributed by atoms with Crippen molar-refractivity contribution in [2.45, 2.75) is 6.92 Å². The van der Waals surface area contributed by atoms with Crippen LogP contribution in [0, 0.1) is 6.92 Å². The van der Waals surface area contributed by atoms with Crippen molar-refractivity contribution in [1.29, 1.82) is 0 Å². The zero-order chi connectivity index (χ0) is 19.8. The summed E-state index contributed by atoms with van der Waals surface area (Å²) in [4.78, 5) is 14.2. The maximum absolute atomic E-state index is 12.7. The number of hydrogen-bond donors (Lipinski definition) is 1.